The van der Waals surface area contributed by atoms with Gasteiger partial charge in [-0.3, -0.25) is 0 Å². The van der Waals surface area contributed by atoms with Gasteiger partial charge in [-0.1, -0.05) is 24.9 Å². The van der Waals surface area contributed by atoms with Gasteiger partial charge in [0.1, 0.15) is 5.15 Å². The van der Waals surface area contributed by atoms with E-state index in [-0.39, 0.29) is 0 Å². The second-order valence-corrected chi connectivity index (χ2v) is 4.01. The van der Waals surface area contributed by atoms with Crippen LogP contribution in [0, 0.1) is 0 Å². The molecule has 1 saturated carbocycles. The lowest BCUT2D eigenvalue weighted by Crippen LogP contribution is -2.11. The molecular formula is C11H14ClN. The first kappa shape index (κ1) is 9.01. The maximum absolute atomic E-state index is 6.04. The summed E-state index contributed by atoms with van der Waals surface area (Å²) >= 11 is 6.04. The van der Waals surface area contributed by atoms with Crippen molar-refractivity contribution in [2.75, 3.05) is 0 Å². The van der Waals surface area contributed by atoms with Crippen LogP contribution in [0.25, 0.3) is 0 Å². The Bertz CT molecular complexity index is 305. The summed E-state index contributed by atoms with van der Waals surface area (Å²) in [6.07, 6.45) is 6.85. The average molecular weight is 196 g/mol. The van der Waals surface area contributed by atoms with E-state index in [0.717, 1.165) is 12.3 Å². The van der Waals surface area contributed by atoms with Crippen LogP contribution in [0.4, 0.5) is 0 Å². The van der Waals surface area contributed by atoms with Crippen molar-refractivity contribution in [3.63, 3.8) is 0 Å². The molecule has 0 unspecified atom stereocenters. The molecule has 0 saturated heterocycles. The fraction of sp³-hybridized carbons (Fsp3) is 0.545. The standard InChI is InChI=1S/C11H14ClN/c1-2-9-10(8-4-3-5-8)6-7-13-11(9)12/h6-8H,2-5H2,1H3. The number of rotatable bonds is 2. The molecule has 0 N–H and O–H groups in total. The Morgan fingerprint density at radius 2 is 2.31 bits per heavy atom. The minimum absolute atomic E-state index is 0.701. The summed E-state index contributed by atoms with van der Waals surface area (Å²) in [7, 11) is 0. The van der Waals surface area contributed by atoms with E-state index in [1.165, 1.54) is 30.4 Å². The van der Waals surface area contributed by atoms with Gasteiger partial charge in [-0.05, 0) is 42.4 Å². The number of halogens is 1. The molecule has 1 aromatic heterocycles. The van der Waals surface area contributed by atoms with Gasteiger partial charge in [-0.25, -0.2) is 4.98 Å². The molecule has 0 radical (unpaired) electrons. The highest BCUT2D eigenvalue weighted by molar-refractivity contribution is 6.30. The van der Waals surface area contributed by atoms with Crippen molar-refractivity contribution in [3.05, 3.63) is 28.5 Å². The molecule has 1 fully saturated rings. The predicted octanol–water partition coefficient (Wildman–Crippen LogP) is 3.56. The Morgan fingerprint density at radius 1 is 1.54 bits per heavy atom. The van der Waals surface area contributed by atoms with Gasteiger partial charge in [-0.15, -0.1) is 0 Å². The van der Waals surface area contributed by atoms with Crippen molar-refractivity contribution >= 4 is 11.6 Å². The maximum Gasteiger partial charge on any atom is 0.132 e. The molecule has 1 aliphatic carbocycles. The molecule has 1 aliphatic rings. The Morgan fingerprint density at radius 3 is 2.85 bits per heavy atom. The Kier molecular flexibility index (Phi) is 2.54. The van der Waals surface area contributed by atoms with Crippen molar-refractivity contribution in [3.8, 4) is 0 Å². The van der Waals surface area contributed by atoms with Crippen molar-refractivity contribution in [2.45, 2.75) is 38.5 Å². The summed E-state index contributed by atoms with van der Waals surface area (Å²) in [5.41, 5.74) is 2.70. The summed E-state index contributed by atoms with van der Waals surface area (Å²) in [4.78, 5) is 4.12. The topological polar surface area (TPSA) is 12.9 Å². The first-order valence-electron chi connectivity index (χ1n) is 4.96. The molecule has 1 aromatic rings. The lowest BCUT2D eigenvalue weighted by molar-refractivity contribution is 0.417. The van der Waals surface area contributed by atoms with Gasteiger partial charge in [0.25, 0.3) is 0 Å². The Hall–Kier alpha value is -0.560. The number of aromatic nitrogens is 1. The molecule has 2 rings (SSSR count). The largest absolute Gasteiger partial charge is 0.244 e. The van der Waals surface area contributed by atoms with Gasteiger partial charge in [0.2, 0.25) is 0 Å². The van der Waals surface area contributed by atoms with Gasteiger partial charge < -0.3 is 0 Å². The molecule has 0 atom stereocenters. The van der Waals surface area contributed by atoms with E-state index in [2.05, 4.69) is 18.0 Å². The average Bonchev–Trinajstić information content (AvgIpc) is 2.01. The first-order chi connectivity index (χ1) is 6.33. The van der Waals surface area contributed by atoms with Crippen molar-refractivity contribution in [2.24, 2.45) is 0 Å². The highest BCUT2D eigenvalue weighted by Crippen LogP contribution is 2.39. The second-order valence-electron chi connectivity index (χ2n) is 3.65. The van der Waals surface area contributed by atoms with E-state index in [1.54, 1.807) is 0 Å². The third kappa shape index (κ3) is 1.58. The van der Waals surface area contributed by atoms with E-state index in [9.17, 15) is 0 Å². The van der Waals surface area contributed by atoms with Gasteiger partial charge in [0, 0.05) is 6.20 Å². The zero-order valence-electron chi connectivity index (χ0n) is 7.89. The molecular weight excluding hydrogens is 182 g/mol. The van der Waals surface area contributed by atoms with Crippen molar-refractivity contribution in [1.82, 2.24) is 4.98 Å². The molecule has 1 heterocycles. The SMILES string of the molecule is CCc1c(C2CCC2)ccnc1Cl. The molecule has 13 heavy (non-hydrogen) atoms. The van der Waals surface area contributed by atoms with Crippen LogP contribution in [0.3, 0.4) is 0 Å². The Labute approximate surface area is 84.1 Å². The smallest absolute Gasteiger partial charge is 0.132 e. The van der Waals surface area contributed by atoms with Gasteiger partial charge >= 0.3 is 0 Å². The van der Waals surface area contributed by atoms with Gasteiger partial charge in [0.15, 0.2) is 0 Å². The van der Waals surface area contributed by atoms with Crippen LogP contribution in [0.2, 0.25) is 5.15 Å². The molecule has 70 valence electrons. The number of nitrogens with zero attached hydrogens (tertiary/aromatic N) is 1. The van der Waals surface area contributed by atoms with Crippen LogP contribution in [0.15, 0.2) is 12.3 Å². The zero-order chi connectivity index (χ0) is 9.26. The third-order valence-electron chi connectivity index (χ3n) is 2.94. The molecule has 0 aliphatic heterocycles. The summed E-state index contributed by atoms with van der Waals surface area (Å²) < 4.78 is 0. The molecule has 0 amide bonds. The summed E-state index contributed by atoms with van der Waals surface area (Å²) in [6, 6.07) is 2.13. The predicted molar refractivity (Wildman–Crippen MR) is 55.2 cm³/mol. The van der Waals surface area contributed by atoms with Crippen LogP contribution < -0.4 is 0 Å². The fourth-order valence-corrected chi connectivity index (χ4v) is 2.23. The van der Waals surface area contributed by atoms with E-state index in [0.29, 0.717) is 5.15 Å². The minimum Gasteiger partial charge on any atom is -0.244 e. The lowest BCUT2D eigenvalue weighted by atomic mass is 9.78. The van der Waals surface area contributed by atoms with E-state index in [1.807, 2.05) is 6.20 Å². The maximum atomic E-state index is 6.04. The quantitative estimate of drug-likeness (QED) is 0.658. The van der Waals surface area contributed by atoms with Gasteiger partial charge in [-0.2, -0.15) is 0 Å². The summed E-state index contributed by atoms with van der Waals surface area (Å²) in [5.74, 6) is 0.760. The summed E-state index contributed by atoms with van der Waals surface area (Å²) in [6.45, 7) is 2.14. The van der Waals surface area contributed by atoms with E-state index in [4.69, 9.17) is 11.6 Å². The Balaban J connectivity index is 2.37. The number of hydrogen-bond donors (Lipinski definition) is 0. The highest BCUT2D eigenvalue weighted by Gasteiger charge is 2.22. The molecule has 1 nitrogen and oxygen atoms in total. The van der Waals surface area contributed by atoms with Crippen LogP contribution in [0.1, 0.15) is 43.2 Å². The van der Waals surface area contributed by atoms with Crippen molar-refractivity contribution < 1.29 is 0 Å². The highest BCUT2D eigenvalue weighted by atomic mass is 35.5. The van der Waals surface area contributed by atoms with Crippen LogP contribution in [-0.4, -0.2) is 4.98 Å². The molecule has 2 heteroatoms. The summed E-state index contributed by atoms with van der Waals surface area (Å²) in [5, 5.41) is 0.701. The second kappa shape index (κ2) is 3.67. The van der Waals surface area contributed by atoms with Crippen molar-refractivity contribution in [1.29, 1.82) is 0 Å². The monoisotopic (exact) mass is 195 g/mol. The van der Waals surface area contributed by atoms with Crippen LogP contribution in [-0.2, 0) is 6.42 Å². The molecule has 0 bridgehead atoms. The molecule has 0 spiro atoms. The van der Waals surface area contributed by atoms with E-state index >= 15 is 0 Å². The first-order valence-corrected chi connectivity index (χ1v) is 5.34. The van der Waals surface area contributed by atoms with Gasteiger partial charge in [0.05, 0.1) is 0 Å². The fourth-order valence-electron chi connectivity index (χ4n) is 1.93. The molecule has 0 aromatic carbocycles. The van der Waals surface area contributed by atoms with E-state index < -0.39 is 0 Å². The van der Waals surface area contributed by atoms with Crippen LogP contribution >= 0.6 is 11.6 Å². The lowest BCUT2D eigenvalue weighted by Gasteiger charge is -2.27. The number of hydrogen-bond acceptors (Lipinski definition) is 1. The van der Waals surface area contributed by atoms with Crippen LogP contribution in [0.5, 0.6) is 0 Å². The normalized spacial score (nSPS) is 17.1. The minimum atomic E-state index is 0.701. The number of pyridine rings is 1. The zero-order valence-corrected chi connectivity index (χ0v) is 8.64. The third-order valence-corrected chi connectivity index (χ3v) is 3.26.